The molecule has 11 heavy (non-hydrogen) atoms. The van der Waals surface area contributed by atoms with Crippen molar-refractivity contribution in [2.75, 3.05) is 0 Å². The van der Waals surface area contributed by atoms with E-state index in [9.17, 15) is 4.39 Å². The number of nitrogens with one attached hydrogen (secondary N) is 1. The molecule has 1 aliphatic carbocycles. The Hall–Kier alpha value is -0.680. The van der Waals surface area contributed by atoms with Crippen molar-refractivity contribution < 1.29 is 4.39 Å². The second-order valence-corrected chi connectivity index (χ2v) is 2.95. The van der Waals surface area contributed by atoms with E-state index < -0.39 is 5.83 Å². The van der Waals surface area contributed by atoms with Gasteiger partial charge in [0.25, 0.3) is 0 Å². The van der Waals surface area contributed by atoms with E-state index in [4.69, 9.17) is 10.5 Å². The van der Waals surface area contributed by atoms with Crippen LogP contribution in [-0.2, 0) is 0 Å². The highest BCUT2D eigenvalue weighted by Gasteiger charge is 2.30. The van der Waals surface area contributed by atoms with Crippen molar-refractivity contribution in [3.63, 3.8) is 0 Å². The Bertz CT molecular complexity index is 224. The van der Waals surface area contributed by atoms with Gasteiger partial charge in [-0.3, -0.25) is 10.1 Å². The van der Waals surface area contributed by atoms with E-state index in [0.717, 1.165) is 18.3 Å². The highest BCUT2D eigenvalue weighted by atomic mass is 32.2. The van der Waals surface area contributed by atoms with Gasteiger partial charge in [0.2, 0.25) is 0 Å². The fourth-order valence-electron chi connectivity index (χ4n) is 0.575. The summed E-state index contributed by atoms with van der Waals surface area (Å²) in [4.78, 5) is 3.79. The minimum atomic E-state index is -0.634. The topological polar surface area (TPSA) is 62.2 Å². The average molecular weight is 173 g/mol. The molecule has 0 aromatic carbocycles. The van der Waals surface area contributed by atoms with Crippen molar-refractivity contribution >= 4 is 23.9 Å². The van der Waals surface area contributed by atoms with Crippen molar-refractivity contribution in [3.05, 3.63) is 12.0 Å². The molecule has 1 unspecified atom stereocenters. The number of aliphatic imine (C=N–C) groups is 1. The monoisotopic (exact) mass is 173 g/mol. The van der Waals surface area contributed by atoms with Gasteiger partial charge in [-0.05, 0) is 0 Å². The Labute approximate surface area is 68.2 Å². The molecule has 0 spiro atoms. The minimum absolute atomic E-state index is 0.268. The zero-order valence-corrected chi connectivity index (χ0v) is 6.57. The third-order valence-electron chi connectivity index (χ3n) is 1.26. The quantitative estimate of drug-likeness (QED) is 0.498. The molecule has 0 aliphatic heterocycles. The largest absolute Gasteiger partial charge is 0.306 e. The van der Waals surface area contributed by atoms with Crippen LogP contribution in [0.15, 0.2) is 17.0 Å². The van der Waals surface area contributed by atoms with Gasteiger partial charge in [-0.2, -0.15) is 0 Å². The lowest BCUT2D eigenvalue weighted by atomic mass is 10.6. The lowest BCUT2D eigenvalue weighted by Crippen LogP contribution is -1.85. The minimum Gasteiger partial charge on any atom is -0.306 e. The summed E-state index contributed by atoms with van der Waals surface area (Å²) in [6.45, 7) is 0. The SMILES string of the molecule is N=C/C(F)=C\N=C1\CC1SN. The van der Waals surface area contributed by atoms with Crippen LogP contribution in [-0.4, -0.2) is 17.2 Å². The third-order valence-corrected chi connectivity index (χ3v) is 2.03. The summed E-state index contributed by atoms with van der Waals surface area (Å²) in [7, 11) is 0. The van der Waals surface area contributed by atoms with E-state index >= 15 is 0 Å². The van der Waals surface area contributed by atoms with Crippen LogP contribution in [0.25, 0.3) is 0 Å². The zero-order valence-electron chi connectivity index (χ0n) is 5.75. The number of allylic oxidation sites excluding steroid dienone is 1. The van der Waals surface area contributed by atoms with Crippen molar-refractivity contribution in [1.82, 2.24) is 0 Å². The summed E-state index contributed by atoms with van der Waals surface area (Å²) in [5.74, 6) is -0.634. The van der Waals surface area contributed by atoms with Gasteiger partial charge in [-0.25, -0.2) is 4.39 Å². The summed E-state index contributed by atoms with van der Waals surface area (Å²) < 4.78 is 12.2. The van der Waals surface area contributed by atoms with Gasteiger partial charge < -0.3 is 5.41 Å². The first-order valence-corrected chi connectivity index (χ1v) is 4.00. The summed E-state index contributed by atoms with van der Waals surface area (Å²) in [5.41, 5.74) is 0.898. The van der Waals surface area contributed by atoms with E-state index in [1.165, 1.54) is 11.9 Å². The van der Waals surface area contributed by atoms with Crippen molar-refractivity contribution in [2.45, 2.75) is 11.7 Å². The van der Waals surface area contributed by atoms with Crippen LogP contribution < -0.4 is 5.14 Å². The van der Waals surface area contributed by atoms with Crippen LogP contribution in [0.4, 0.5) is 4.39 Å². The Kier molecular flexibility index (Phi) is 2.78. The highest BCUT2D eigenvalue weighted by Crippen LogP contribution is 2.27. The molecule has 0 amide bonds. The fourth-order valence-corrected chi connectivity index (χ4v) is 1.06. The van der Waals surface area contributed by atoms with Crippen molar-refractivity contribution in [3.8, 4) is 0 Å². The lowest BCUT2D eigenvalue weighted by molar-refractivity contribution is 0.682. The highest BCUT2D eigenvalue weighted by molar-refractivity contribution is 7.99. The molecule has 0 heterocycles. The van der Waals surface area contributed by atoms with Gasteiger partial charge in [0.1, 0.15) is 0 Å². The smallest absolute Gasteiger partial charge is 0.158 e. The molecule has 1 aliphatic rings. The first kappa shape index (κ1) is 8.42. The van der Waals surface area contributed by atoms with E-state index in [1.54, 1.807) is 0 Å². The van der Waals surface area contributed by atoms with Gasteiger partial charge in [0, 0.05) is 12.1 Å². The van der Waals surface area contributed by atoms with Crippen LogP contribution in [0.5, 0.6) is 0 Å². The molecule has 0 radical (unpaired) electrons. The first-order valence-electron chi connectivity index (χ1n) is 3.06. The molecule has 1 saturated carbocycles. The maximum atomic E-state index is 12.2. The van der Waals surface area contributed by atoms with Gasteiger partial charge in [-0.15, -0.1) is 0 Å². The maximum Gasteiger partial charge on any atom is 0.158 e. The molecule has 3 nitrogen and oxygen atoms in total. The molecule has 1 fully saturated rings. The van der Waals surface area contributed by atoms with Crippen molar-refractivity contribution in [1.29, 1.82) is 5.41 Å². The fraction of sp³-hybridized carbons (Fsp3) is 0.333. The van der Waals surface area contributed by atoms with Crippen LogP contribution in [0.3, 0.4) is 0 Å². The predicted molar refractivity (Wildman–Crippen MR) is 45.6 cm³/mol. The summed E-state index contributed by atoms with van der Waals surface area (Å²) >= 11 is 1.22. The Morgan fingerprint density at radius 3 is 3.09 bits per heavy atom. The molecule has 5 heteroatoms. The van der Waals surface area contributed by atoms with E-state index in [1.807, 2.05) is 0 Å². The number of hydrogen-bond acceptors (Lipinski definition) is 4. The zero-order chi connectivity index (χ0) is 8.27. The number of hydrogen-bond donors (Lipinski definition) is 2. The Balaban J connectivity index is 2.44. The standard InChI is InChI=1S/C6H8FN3S/c7-4(2-8)3-10-5-1-6(5)11-9/h2-3,6,8H,1,9H2/b4-3+,8-2?,10-5-. The van der Waals surface area contributed by atoms with Gasteiger partial charge in [0.05, 0.1) is 17.7 Å². The molecule has 1 atom stereocenters. The summed E-state index contributed by atoms with van der Waals surface area (Å²) in [6, 6.07) is 0. The third kappa shape index (κ3) is 2.44. The van der Waals surface area contributed by atoms with Gasteiger partial charge >= 0.3 is 0 Å². The van der Waals surface area contributed by atoms with Crippen LogP contribution >= 0.6 is 11.9 Å². The summed E-state index contributed by atoms with van der Waals surface area (Å²) in [6.07, 6.45) is 2.50. The molecule has 0 aromatic heterocycles. The van der Waals surface area contributed by atoms with E-state index in [0.29, 0.717) is 6.21 Å². The average Bonchev–Trinajstić information content (AvgIpc) is 2.78. The molecular formula is C6H8FN3S. The predicted octanol–water partition coefficient (Wildman–Crippen LogP) is 1.27. The Morgan fingerprint density at radius 2 is 2.64 bits per heavy atom. The van der Waals surface area contributed by atoms with Gasteiger partial charge in [0.15, 0.2) is 5.83 Å². The molecule has 3 N–H and O–H groups in total. The van der Waals surface area contributed by atoms with Crippen LogP contribution in [0.1, 0.15) is 6.42 Å². The number of nitrogens with zero attached hydrogens (tertiary/aromatic N) is 1. The normalized spacial score (nSPS) is 27.3. The van der Waals surface area contributed by atoms with E-state index in [-0.39, 0.29) is 5.25 Å². The molecule has 1 rings (SSSR count). The Morgan fingerprint density at radius 1 is 1.91 bits per heavy atom. The second kappa shape index (κ2) is 3.64. The van der Waals surface area contributed by atoms with Gasteiger partial charge in [-0.1, -0.05) is 11.9 Å². The molecule has 60 valence electrons. The van der Waals surface area contributed by atoms with E-state index in [2.05, 4.69) is 4.99 Å². The number of halogens is 1. The summed E-state index contributed by atoms with van der Waals surface area (Å²) in [5, 5.41) is 12.0. The second-order valence-electron chi connectivity index (χ2n) is 2.11. The molecule has 0 saturated heterocycles. The van der Waals surface area contributed by atoms with Crippen LogP contribution in [0.2, 0.25) is 0 Å². The first-order chi connectivity index (χ1) is 5.27. The lowest BCUT2D eigenvalue weighted by Gasteiger charge is -1.80. The number of nitrogens with two attached hydrogens (primary N) is 1. The van der Waals surface area contributed by atoms with Crippen molar-refractivity contribution in [2.24, 2.45) is 10.1 Å². The molecule has 0 aromatic rings. The van der Waals surface area contributed by atoms with Crippen LogP contribution in [0, 0.1) is 5.41 Å². The molecular weight excluding hydrogens is 165 g/mol. The molecule has 0 bridgehead atoms. The number of rotatable bonds is 3. The maximum absolute atomic E-state index is 12.2.